The Morgan fingerprint density at radius 3 is 2.44 bits per heavy atom. The van der Waals surface area contributed by atoms with Crippen molar-refractivity contribution in [3.63, 3.8) is 0 Å². The summed E-state index contributed by atoms with van der Waals surface area (Å²) in [6.07, 6.45) is 2.39. The molecule has 36 heavy (non-hydrogen) atoms. The van der Waals surface area contributed by atoms with E-state index in [9.17, 15) is 9.90 Å². The Balaban J connectivity index is 1.25. The molecular formula is C28H24BrN5O2. The predicted octanol–water partition coefficient (Wildman–Crippen LogP) is 5.76. The first kappa shape index (κ1) is 23.6. The highest BCUT2D eigenvalue weighted by molar-refractivity contribution is 9.10. The van der Waals surface area contributed by atoms with Gasteiger partial charge in [-0.1, -0.05) is 60.7 Å². The smallest absolute Gasteiger partial charge is 0.251 e. The minimum atomic E-state index is -0.0985. The Morgan fingerprint density at radius 2 is 1.64 bits per heavy atom. The number of hydrogen-bond acceptors (Lipinski definition) is 5. The Morgan fingerprint density at radius 1 is 0.917 bits per heavy atom. The molecule has 0 saturated heterocycles. The van der Waals surface area contributed by atoms with Crippen LogP contribution in [-0.4, -0.2) is 38.7 Å². The number of halogens is 1. The topological polar surface area (TPSA) is 91.5 Å². The molecule has 5 rings (SSSR count). The van der Waals surface area contributed by atoms with Gasteiger partial charge in [0.15, 0.2) is 5.65 Å². The summed E-state index contributed by atoms with van der Waals surface area (Å²) in [5, 5.41) is 21.1. The average molecular weight is 542 g/mol. The normalized spacial score (nSPS) is 10.9. The summed E-state index contributed by atoms with van der Waals surface area (Å²) < 4.78 is 2.47. The van der Waals surface area contributed by atoms with E-state index in [4.69, 9.17) is 0 Å². The lowest BCUT2D eigenvalue weighted by Crippen LogP contribution is -2.26. The van der Waals surface area contributed by atoms with Gasteiger partial charge in [-0.25, -0.2) is 4.98 Å². The van der Waals surface area contributed by atoms with Crippen LogP contribution in [0, 0.1) is 0 Å². The number of carbonyl (C=O) groups is 1. The van der Waals surface area contributed by atoms with Crippen LogP contribution in [0.2, 0.25) is 0 Å². The summed E-state index contributed by atoms with van der Waals surface area (Å²) in [5.41, 5.74) is 4.49. The molecule has 0 atom stereocenters. The van der Waals surface area contributed by atoms with E-state index in [0.717, 1.165) is 21.4 Å². The first-order chi connectivity index (χ1) is 17.6. The van der Waals surface area contributed by atoms with E-state index >= 15 is 0 Å². The van der Waals surface area contributed by atoms with Crippen molar-refractivity contribution in [2.24, 2.45) is 0 Å². The van der Waals surface area contributed by atoms with Crippen LogP contribution in [0.4, 0.5) is 5.82 Å². The van der Waals surface area contributed by atoms with E-state index < -0.39 is 0 Å². The van der Waals surface area contributed by atoms with Crippen molar-refractivity contribution >= 4 is 33.3 Å². The molecule has 0 fully saturated rings. The van der Waals surface area contributed by atoms with E-state index in [0.29, 0.717) is 42.0 Å². The van der Waals surface area contributed by atoms with Crippen molar-refractivity contribution < 1.29 is 9.90 Å². The number of amides is 1. The van der Waals surface area contributed by atoms with E-state index in [1.165, 1.54) is 0 Å². The van der Waals surface area contributed by atoms with Crippen molar-refractivity contribution in [2.75, 3.05) is 18.4 Å². The number of aromatic hydroxyl groups is 1. The number of para-hydroxylation sites is 1. The number of hydrogen-bond donors (Lipinski definition) is 3. The van der Waals surface area contributed by atoms with Gasteiger partial charge in [-0.15, -0.1) is 0 Å². The number of carbonyl (C=O) groups excluding carboxylic acids is 1. The molecule has 0 aliphatic carbocycles. The standard InChI is InChI=1S/C28H24BrN5O2/c29-23-18-32-34-26(17-24(33-27(23)34)22-13-6-7-14-25(22)35)30-15-8-16-31-28(36)21-12-5-4-11-20(21)19-9-2-1-3-10-19/h1-7,9-14,17-18,30,35H,8,15-16H2,(H,31,36). The highest BCUT2D eigenvalue weighted by atomic mass is 79.9. The van der Waals surface area contributed by atoms with Gasteiger partial charge in [0.05, 0.1) is 16.4 Å². The zero-order valence-corrected chi connectivity index (χ0v) is 20.9. The molecule has 0 radical (unpaired) electrons. The Labute approximate surface area is 217 Å². The number of rotatable bonds is 8. The molecule has 2 heterocycles. The first-order valence-electron chi connectivity index (χ1n) is 11.6. The highest BCUT2D eigenvalue weighted by Crippen LogP contribution is 2.31. The predicted molar refractivity (Wildman–Crippen MR) is 145 cm³/mol. The van der Waals surface area contributed by atoms with Gasteiger partial charge in [-0.3, -0.25) is 4.79 Å². The third-order valence-electron chi connectivity index (χ3n) is 5.81. The zero-order chi connectivity index (χ0) is 24.9. The Hall–Kier alpha value is -4.17. The van der Waals surface area contributed by atoms with Gasteiger partial charge < -0.3 is 15.7 Å². The number of fused-ring (bicyclic) bond motifs is 1. The molecule has 0 bridgehead atoms. The van der Waals surface area contributed by atoms with Crippen LogP contribution in [0.3, 0.4) is 0 Å². The molecule has 2 aromatic heterocycles. The Kier molecular flexibility index (Phi) is 6.95. The average Bonchev–Trinajstić information content (AvgIpc) is 3.29. The second-order valence-corrected chi connectivity index (χ2v) is 9.07. The lowest BCUT2D eigenvalue weighted by molar-refractivity contribution is 0.0954. The van der Waals surface area contributed by atoms with Crippen LogP contribution < -0.4 is 10.6 Å². The van der Waals surface area contributed by atoms with Gasteiger partial charge >= 0.3 is 0 Å². The number of nitrogens with one attached hydrogen (secondary N) is 2. The maximum Gasteiger partial charge on any atom is 0.251 e. The third kappa shape index (κ3) is 4.94. The van der Waals surface area contributed by atoms with Gasteiger partial charge in [0, 0.05) is 30.3 Å². The van der Waals surface area contributed by atoms with Crippen LogP contribution in [-0.2, 0) is 0 Å². The van der Waals surface area contributed by atoms with Crippen LogP contribution >= 0.6 is 15.9 Å². The van der Waals surface area contributed by atoms with Crippen LogP contribution in [0.5, 0.6) is 5.75 Å². The molecule has 1 amide bonds. The van der Waals surface area contributed by atoms with Gasteiger partial charge in [0.2, 0.25) is 0 Å². The van der Waals surface area contributed by atoms with Gasteiger partial charge in [0.25, 0.3) is 5.91 Å². The van der Waals surface area contributed by atoms with E-state index in [1.807, 2.05) is 72.8 Å². The molecular weight excluding hydrogens is 518 g/mol. The molecule has 7 nitrogen and oxygen atoms in total. The van der Waals surface area contributed by atoms with Crippen molar-refractivity contribution in [3.05, 3.63) is 101 Å². The Bertz CT molecular complexity index is 1520. The second kappa shape index (κ2) is 10.6. The fourth-order valence-electron chi connectivity index (χ4n) is 4.04. The second-order valence-electron chi connectivity index (χ2n) is 8.22. The molecule has 3 N–H and O–H groups in total. The fraction of sp³-hybridized carbons (Fsp3) is 0.107. The summed E-state index contributed by atoms with van der Waals surface area (Å²) in [5.74, 6) is 0.803. The summed E-state index contributed by atoms with van der Waals surface area (Å²) >= 11 is 3.50. The molecule has 0 aliphatic rings. The highest BCUT2D eigenvalue weighted by Gasteiger charge is 2.14. The molecule has 0 spiro atoms. The zero-order valence-electron chi connectivity index (χ0n) is 19.4. The minimum Gasteiger partial charge on any atom is -0.507 e. The minimum absolute atomic E-state index is 0.0985. The SMILES string of the molecule is O=C(NCCCNc1cc(-c2ccccc2O)nc2c(Br)cnn12)c1ccccc1-c1ccccc1. The summed E-state index contributed by atoms with van der Waals surface area (Å²) in [6.45, 7) is 1.12. The molecule has 0 saturated carbocycles. The largest absolute Gasteiger partial charge is 0.507 e. The monoisotopic (exact) mass is 541 g/mol. The molecule has 3 aromatic carbocycles. The number of aromatic nitrogens is 3. The van der Waals surface area contributed by atoms with Crippen molar-refractivity contribution in [1.82, 2.24) is 19.9 Å². The van der Waals surface area contributed by atoms with Gasteiger partial charge in [0.1, 0.15) is 11.6 Å². The molecule has 0 unspecified atom stereocenters. The van der Waals surface area contributed by atoms with Crippen LogP contribution in [0.25, 0.3) is 28.0 Å². The fourth-order valence-corrected chi connectivity index (χ4v) is 4.39. The summed E-state index contributed by atoms with van der Waals surface area (Å²) in [7, 11) is 0. The first-order valence-corrected chi connectivity index (χ1v) is 12.4. The van der Waals surface area contributed by atoms with E-state index in [1.54, 1.807) is 22.8 Å². The lowest BCUT2D eigenvalue weighted by atomic mass is 9.99. The lowest BCUT2D eigenvalue weighted by Gasteiger charge is -2.13. The molecule has 0 aliphatic heterocycles. The van der Waals surface area contributed by atoms with Crippen molar-refractivity contribution in [1.29, 1.82) is 0 Å². The number of anilines is 1. The maximum absolute atomic E-state index is 12.9. The van der Waals surface area contributed by atoms with Crippen LogP contribution in [0.15, 0.2) is 95.6 Å². The molecule has 8 heteroatoms. The quantitative estimate of drug-likeness (QED) is 0.217. The summed E-state index contributed by atoms with van der Waals surface area (Å²) in [4.78, 5) is 17.6. The number of benzene rings is 3. The van der Waals surface area contributed by atoms with E-state index in [2.05, 4.69) is 36.6 Å². The summed E-state index contributed by atoms with van der Waals surface area (Å²) in [6, 6.07) is 26.5. The number of phenolic OH excluding ortho intramolecular Hbond substituents is 1. The van der Waals surface area contributed by atoms with Gasteiger partial charge in [-0.05, 0) is 51.7 Å². The number of phenols is 1. The number of nitrogens with zero attached hydrogens (tertiary/aromatic N) is 3. The molecule has 5 aromatic rings. The van der Waals surface area contributed by atoms with Gasteiger partial charge in [-0.2, -0.15) is 9.61 Å². The van der Waals surface area contributed by atoms with Crippen molar-refractivity contribution in [2.45, 2.75) is 6.42 Å². The third-order valence-corrected chi connectivity index (χ3v) is 6.37. The van der Waals surface area contributed by atoms with Crippen LogP contribution in [0.1, 0.15) is 16.8 Å². The van der Waals surface area contributed by atoms with Crippen molar-refractivity contribution in [3.8, 4) is 28.1 Å². The van der Waals surface area contributed by atoms with E-state index in [-0.39, 0.29) is 11.7 Å². The maximum atomic E-state index is 12.9. The molecule has 180 valence electrons.